The molecule has 0 bridgehead atoms. The van der Waals surface area contributed by atoms with Gasteiger partial charge in [0.1, 0.15) is 41.2 Å². The maximum atomic E-state index is 14.6. The van der Waals surface area contributed by atoms with Crippen LogP contribution in [-0.2, 0) is 11.2 Å². The summed E-state index contributed by atoms with van der Waals surface area (Å²) in [6.45, 7) is 3.03. The van der Waals surface area contributed by atoms with Crippen LogP contribution in [0.2, 0.25) is 0 Å². The Bertz CT molecular complexity index is 2110. The number of hydrogen-bond acceptors (Lipinski definition) is 9. The van der Waals surface area contributed by atoms with Crippen LogP contribution in [0.25, 0.3) is 44.2 Å². The molecule has 3 heterocycles. The van der Waals surface area contributed by atoms with Crippen molar-refractivity contribution >= 4 is 34.1 Å². The van der Waals surface area contributed by atoms with Crippen molar-refractivity contribution in [3.63, 3.8) is 0 Å². The summed E-state index contributed by atoms with van der Waals surface area (Å²) < 4.78 is 27.2. The van der Waals surface area contributed by atoms with E-state index in [-0.39, 0.29) is 23.7 Å². The number of aromatic nitrogens is 4. The molecule has 0 aliphatic heterocycles. The molecular formula is C34H31FN6O4. The van der Waals surface area contributed by atoms with Crippen molar-refractivity contribution in [1.82, 2.24) is 24.6 Å². The van der Waals surface area contributed by atoms with Crippen LogP contribution in [0.15, 0.2) is 82.3 Å². The largest absolute Gasteiger partial charge is 0.429 e. The summed E-state index contributed by atoms with van der Waals surface area (Å²) in [5.41, 5.74) is 9.57. The van der Waals surface area contributed by atoms with Gasteiger partial charge in [0.05, 0.1) is 10.8 Å². The summed E-state index contributed by atoms with van der Waals surface area (Å²) >= 11 is 0. The number of aryl methyl sites for hydroxylation is 1. The fourth-order valence-electron chi connectivity index (χ4n) is 5.69. The first-order valence-corrected chi connectivity index (χ1v) is 14.4. The van der Waals surface area contributed by atoms with Gasteiger partial charge in [0, 0.05) is 22.6 Å². The highest BCUT2D eigenvalue weighted by Gasteiger charge is 2.27. The van der Waals surface area contributed by atoms with Crippen molar-refractivity contribution in [3.05, 3.63) is 101 Å². The van der Waals surface area contributed by atoms with Gasteiger partial charge in [0.25, 0.3) is 6.47 Å². The van der Waals surface area contributed by atoms with E-state index in [1.54, 1.807) is 16.8 Å². The summed E-state index contributed by atoms with van der Waals surface area (Å²) in [6, 6.07) is 18.7. The monoisotopic (exact) mass is 606 g/mol. The molecule has 6 rings (SSSR count). The van der Waals surface area contributed by atoms with E-state index in [1.165, 1.54) is 18.5 Å². The number of anilines is 1. The third-order valence-corrected chi connectivity index (χ3v) is 7.75. The molecule has 11 heteroatoms. The smallest absolute Gasteiger partial charge is 0.343 e. The molecule has 0 saturated carbocycles. The minimum Gasteiger partial charge on any atom is -0.429 e. The second-order valence-electron chi connectivity index (χ2n) is 11.1. The average Bonchev–Trinajstić information content (AvgIpc) is 3.42. The highest BCUT2D eigenvalue weighted by Crippen LogP contribution is 2.39. The fraction of sp³-hybridized carbons (Fsp3) is 0.206. The molecule has 3 aromatic heterocycles. The van der Waals surface area contributed by atoms with Crippen LogP contribution < -0.4 is 16.1 Å². The minimum atomic E-state index is -0.667. The molecule has 2 N–H and O–H groups in total. The molecule has 0 saturated heterocycles. The minimum absolute atomic E-state index is 0.000514. The zero-order chi connectivity index (χ0) is 31.7. The first kappa shape index (κ1) is 29.6. The van der Waals surface area contributed by atoms with E-state index in [9.17, 15) is 14.0 Å². The lowest BCUT2D eigenvalue weighted by Gasteiger charge is -2.18. The zero-order valence-corrected chi connectivity index (χ0v) is 25.0. The van der Waals surface area contributed by atoms with Crippen LogP contribution >= 0.6 is 0 Å². The SMILES string of the molecule is CC(c1oc(=O)c2ccccc2c1-c1cccc(CCCN(C)C)c1)n1nc(-c2cc(F)cc(OC=O)c2)c2c(N)ncnc21. The molecule has 0 aliphatic rings. The average molecular weight is 607 g/mol. The molecule has 6 aromatic rings. The van der Waals surface area contributed by atoms with Gasteiger partial charge in [-0.15, -0.1) is 0 Å². The van der Waals surface area contributed by atoms with Crippen molar-refractivity contribution in [3.8, 4) is 28.1 Å². The topological polar surface area (TPSA) is 129 Å². The molecule has 1 unspecified atom stereocenters. The van der Waals surface area contributed by atoms with Crippen molar-refractivity contribution in [2.75, 3.05) is 26.4 Å². The van der Waals surface area contributed by atoms with Crippen molar-refractivity contribution < 1.29 is 18.3 Å². The van der Waals surface area contributed by atoms with Crippen LogP contribution in [0.5, 0.6) is 5.75 Å². The van der Waals surface area contributed by atoms with Gasteiger partial charge >= 0.3 is 5.63 Å². The van der Waals surface area contributed by atoms with Gasteiger partial charge < -0.3 is 19.8 Å². The van der Waals surface area contributed by atoms with Crippen molar-refractivity contribution in [2.24, 2.45) is 0 Å². The third-order valence-electron chi connectivity index (χ3n) is 7.75. The molecule has 0 amide bonds. The maximum absolute atomic E-state index is 14.6. The fourth-order valence-corrected chi connectivity index (χ4v) is 5.69. The van der Waals surface area contributed by atoms with Gasteiger partial charge in [-0.3, -0.25) is 4.79 Å². The predicted octanol–water partition coefficient (Wildman–Crippen LogP) is 5.63. The molecule has 1 atom stereocenters. The third kappa shape index (κ3) is 5.77. The number of ether oxygens (including phenoxy) is 1. The second-order valence-corrected chi connectivity index (χ2v) is 11.1. The van der Waals surface area contributed by atoms with E-state index in [1.807, 2.05) is 31.2 Å². The summed E-state index contributed by atoms with van der Waals surface area (Å²) in [5.74, 6) is -0.133. The van der Waals surface area contributed by atoms with Crippen LogP contribution in [0.3, 0.4) is 0 Å². The Hall–Kier alpha value is -5.42. The van der Waals surface area contributed by atoms with E-state index in [0.29, 0.717) is 27.7 Å². The second kappa shape index (κ2) is 12.3. The number of carbonyl (C=O) groups excluding carboxylic acids is 1. The Labute approximate surface area is 257 Å². The summed E-state index contributed by atoms with van der Waals surface area (Å²) in [5, 5.41) is 6.39. The van der Waals surface area contributed by atoms with E-state index < -0.39 is 17.5 Å². The molecule has 228 valence electrons. The Morgan fingerprint density at radius 3 is 2.62 bits per heavy atom. The number of nitrogen functional groups attached to an aromatic ring is 1. The van der Waals surface area contributed by atoms with Gasteiger partial charge in [-0.2, -0.15) is 5.10 Å². The molecule has 0 fully saturated rings. The Morgan fingerprint density at radius 1 is 1.04 bits per heavy atom. The first-order valence-electron chi connectivity index (χ1n) is 14.4. The van der Waals surface area contributed by atoms with Gasteiger partial charge in [0.2, 0.25) is 0 Å². The van der Waals surface area contributed by atoms with E-state index in [2.05, 4.69) is 41.1 Å². The van der Waals surface area contributed by atoms with Crippen LogP contribution in [-0.4, -0.2) is 51.8 Å². The molecule has 10 nitrogen and oxygen atoms in total. The van der Waals surface area contributed by atoms with E-state index >= 15 is 0 Å². The molecule has 45 heavy (non-hydrogen) atoms. The Morgan fingerprint density at radius 2 is 1.84 bits per heavy atom. The number of fused-ring (bicyclic) bond motifs is 2. The quantitative estimate of drug-likeness (QED) is 0.197. The highest BCUT2D eigenvalue weighted by atomic mass is 19.1. The van der Waals surface area contributed by atoms with Gasteiger partial charge in [-0.1, -0.05) is 42.5 Å². The van der Waals surface area contributed by atoms with Crippen molar-refractivity contribution in [1.29, 1.82) is 0 Å². The number of benzene rings is 3. The lowest BCUT2D eigenvalue weighted by atomic mass is 9.94. The summed E-state index contributed by atoms with van der Waals surface area (Å²) in [6.07, 6.45) is 3.19. The number of rotatable bonds is 10. The summed E-state index contributed by atoms with van der Waals surface area (Å²) in [7, 11) is 4.11. The number of halogens is 1. The lowest BCUT2D eigenvalue weighted by molar-refractivity contribution is -0.120. The standard InChI is InChI=1S/C34H31FN6O4/c1-20(41-33-29(32(36)37-18-38-33)30(39-41)23-15-24(35)17-25(16-23)44-19-42)31-28(26-11-4-5-12-27(26)34(43)45-31)22-10-6-8-21(14-22)9-7-13-40(2)3/h4-6,8,10-12,14-20H,7,9,13H2,1-3H3,(H2,36,37,38). The number of hydrogen-bond donors (Lipinski definition) is 1. The molecule has 0 aliphatic carbocycles. The highest BCUT2D eigenvalue weighted by molar-refractivity contribution is 5.99. The number of carbonyl (C=O) groups is 1. The van der Waals surface area contributed by atoms with E-state index in [4.69, 9.17) is 20.0 Å². The predicted molar refractivity (Wildman–Crippen MR) is 170 cm³/mol. The van der Waals surface area contributed by atoms with Crippen LogP contribution in [0.4, 0.5) is 10.2 Å². The molecule has 0 spiro atoms. The van der Waals surface area contributed by atoms with E-state index in [0.717, 1.165) is 47.5 Å². The zero-order valence-electron chi connectivity index (χ0n) is 25.0. The number of nitrogens with zero attached hydrogens (tertiary/aromatic N) is 5. The molecule has 3 aromatic carbocycles. The first-order chi connectivity index (χ1) is 21.7. The maximum Gasteiger partial charge on any atom is 0.343 e. The molecule has 0 radical (unpaired) electrons. The Kier molecular flexibility index (Phi) is 8.10. The summed E-state index contributed by atoms with van der Waals surface area (Å²) in [4.78, 5) is 35.1. The van der Waals surface area contributed by atoms with Crippen LogP contribution in [0.1, 0.15) is 30.7 Å². The molecular weight excluding hydrogens is 575 g/mol. The van der Waals surface area contributed by atoms with Crippen molar-refractivity contribution in [2.45, 2.75) is 25.8 Å². The Balaban J connectivity index is 1.55. The van der Waals surface area contributed by atoms with Gasteiger partial charge in [-0.25, -0.2) is 23.8 Å². The van der Waals surface area contributed by atoms with Gasteiger partial charge in [0.15, 0.2) is 5.65 Å². The normalized spacial score (nSPS) is 12.2. The van der Waals surface area contributed by atoms with Gasteiger partial charge in [-0.05, 0) is 69.7 Å². The van der Waals surface area contributed by atoms with Crippen LogP contribution in [0, 0.1) is 5.82 Å². The number of nitrogens with two attached hydrogens (primary N) is 1. The lowest BCUT2D eigenvalue weighted by Crippen LogP contribution is -2.15.